The quantitative estimate of drug-likeness (QED) is 0.794. The molecule has 1 aliphatic heterocycles. The summed E-state index contributed by atoms with van der Waals surface area (Å²) in [5, 5.41) is 22.9. The third-order valence-electron chi connectivity index (χ3n) is 4.47. The van der Waals surface area contributed by atoms with Crippen molar-refractivity contribution in [1.82, 2.24) is 10.3 Å². The van der Waals surface area contributed by atoms with Crippen LogP contribution in [-0.2, 0) is 13.0 Å². The molecule has 1 saturated heterocycles. The SMILES string of the molecule is OCc1ccnc(-c2cc(O)cc(CCC3CCCCN3)c2)c1. The minimum absolute atomic E-state index is 0.00541. The number of aromatic nitrogens is 1. The molecule has 0 amide bonds. The minimum atomic E-state index is -0.00541. The third-order valence-corrected chi connectivity index (χ3v) is 4.47. The van der Waals surface area contributed by atoms with Gasteiger partial charge < -0.3 is 15.5 Å². The monoisotopic (exact) mass is 312 g/mol. The fourth-order valence-electron chi connectivity index (χ4n) is 3.21. The number of hydrogen-bond acceptors (Lipinski definition) is 4. The van der Waals surface area contributed by atoms with Crippen molar-refractivity contribution in [3.63, 3.8) is 0 Å². The highest BCUT2D eigenvalue weighted by Crippen LogP contribution is 2.26. The first-order valence-electron chi connectivity index (χ1n) is 8.37. The highest BCUT2D eigenvalue weighted by molar-refractivity contribution is 5.63. The average molecular weight is 312 g/mol. The first kappa shape index (κ1) is 16.0. The Kier molecular flexibility index (Phi) is 5.26. The molecule has 1 aromatic heterocycles. The number of rotatable bonds is 5. The number of pyridine rings is 1. The summed E-state index contributed by atoms with van der Waals surface area (Å²) in [6.07, 6.45) is 7.55. The van der Waals surface area contributed by atoms with Crippen LogP contribution in [0.25, 0.3) is 11.3 Å². The number of piperidine rings is 1. The Morgan fingerprint density at radius 1 is 1.13 bits per heavy atom. The van der Waals surface area contributed by atoms with E-state index in [0.717, 1.165) is 41.8 Å². The third kappa shape index (κ3) is 4.30. The number of hydrogen-bond donors (Lipinski definition) is 3. The molecule has 3 N–H and O–H groups in total. The molecule has 3 rings (SSSR count). The molecule has 122 valence electrons. The van der Waals surface area contributed by atoms with Gasteiger partial charge in [0.2, 0.25) is 0 Å². The minimum Gasteiger partial charge on any atom is -0.508 e. The summed E-state index contributed by atoms with van der Waals surface area (Å²) < 4.78 is 0. The van der Waals surface area contributed by atoms with E-state index in [1.165, 1.54) is 19.3 Å². The van der Waals surface area contributed by atoms with Crippen LogP contribution < -0.4 is 5.32 Å². The van der Waals surface area contributed by atoms with Crippen LogP contribution in [-0.4, -0.2) is 27.8 Å². The molecule has 0 bridgehead atoms. The van der Waals surface area contributed by atoms with Crippen LogP contribution in [0.5, 0.6) is 5.75 Å². The molecule has 1 aliphatic rings. The maximum absolute atomic E-state index is 10.0. The topological polar surface area (TPSA) is 65.4 Å². The number of benzene rings is 1. The van der Waals surface area contributed by atoms with Crippen molar-refractivity contribution >= 4 is 0 Å². The number of aliphatic hydroxyl groups excluding tert-OH is 1. The molecule has 1 aromatic carbocycles. The van der Waals surface area contributed by atoms with Crippen LogP contribution in [0.4, 0.5) is 0 Å². The van der Waals surface area contributed by atoms with E-state index in [1.807, 2.05) is 12.1 Å². The highest BCUT2D eigenvalue weighted by Gasteiger charge is 2.13. The first-order chi connectivity index (χ1) is 11.2. The molecular formula is C19H24N2O2. The highest BCUT2D eigenvalue weighted by atomic mass is 16.3. The summed E-state index contributed by atoms with van der Waals surface area (Å²) in [4.78, 5) is 4.36. The van der Waals surface area contributed by atoms with E-state index in [9.17, 15) is 10.2 Å². The van der Waals surface area contributed by atoms with Crippen LogP contribution >= 0.6 is 0 Å². The Morgan fingerprint density at radius 2 is 2.04 bits per heavy atom. The zero-order chi connectivity index (χ0) is 16.1. The number of aliphatic hydroxyl groups is 1. The van der Waals surface area contributed by atoms with E-state index in [0.29, 0.717) is 6.04 Å². The van der Waals surface area contributed by atoms with Crippen molar-refractivity contribution in [3.8, 4) is 17.0 Å². The van der Waals surface area contributed by atoms with Gasteiger partial charge in [0.05, 0.1) is 12.3 Å². The summed E-state index contributed by atoms with van der Waals surface area (Å²) in [7, 11) is 0. The maximum Gasteiger partial charge on any atom is 0.116 e. The second-order valence-electron chi connectivity index (χ2n) is 6.28. The smallest absolute Gasteiger partial charge is 0.116 e. The van der Waals surface area contributed by atoms with Gasteiger partial charge in [0.25, 0.3) is 0 Å². The Balaban J connectivity index is 1.75. The molecular weight excluding hydrogens is 288 g/mol. The molecule has 2 aromatic rings. The van der Waals surface area contributed by atoms with Gasteiger partial charge in [-0.15, -0.1) is 0 Å². The molecule has 0 spiro atoms. The number of nitrogens with zero attached hydrogens (tertiary/aromatic N) is 1. The van der Waals surface area contributed by atoms with Crippen molar-refractivity contribution in [2.45, 2.75) is 44.8 Å². The summed E-state index contributed by atoms with van der Waals surface area (Å²) >= 11 is 0. The molecule has 4 heteroatoms. The van der Waals surface area contributed by atoms with E-state index in [4.69, 9.17) is 0 Å². The molecule has 1 unspecified atom stereocenters. The van der Waals surface area contributed by atoms with Gasteiger partial charge in [-0.05, 0) is 73.7 Å². The van der Waals surface area contributed by atoms with Gasteiger partial charge in [-0.3, -0.25) is 4.98 Å². The van der Waals surface area contributed by atoms with Gasteiger partial charge in [0.15, 0.2) is 0 Å². The Morgan fingerprint density at radius 3 is 2.83 bits per heavy atom. The Bertz CT molecular complexity index is 652. The molecule has 4 nitrogen and oxygen atoms in total. The number of aryl methyl sites for hydroxylation is 1. The molecule has 0 saturated carbocycles. The van der Waals surface area contributed by atoms with E-state index in [1.54, 1.807) is 18.3 Å². The summed E-state index contributed by atoms with van der Waals surface area (Å²) in [6, 6.07) is 9.90. The van der Waals surface area contributed by atoms with Crippen LogP contribution in [0.2, 0.25) is 0 Å². The number of phenolic OH excluding ortho intramolecular Hbond substituents is 1. The second kappa shape index (κ2) is 7.57. The molecule has 23 heavy (non-hydrogen) atoms. The van der Waals surface area contributed by atoms with E-state index in [2.05, 4.69) is 16.4 Å². The van der Waals surface area contributed by atoms with Crippen molar-refractivity contribution < 1.29 is 10.2 Å². The van der Waals surface area contributed by atoms with Gasteiger partial charge >= 0.3 is 0 Å². The van der Waals surface area contributed by atoms with Crippen molar-refractivity contribution in [2.24, 2.45) is 0 Å². The molecule has 2 heterocycles. The average Bonchev–Trinajstić information content (AvgIpc) is 2.60. The van der Waals surface area contributed by atoms with Crippen LogP contribution in [0, 0.1) is 0 Å². The first-order valence-corrected chi connectivity index (χ1v) is 8.37. The Hall–Kier alpha value is -1.91. The lowest BCUT2D eigenvalue weighted by atomic mass is 9.96. The zero-order valence-electron chi connectivity index (χ0n) is 13.3. The summed E-state index contributed by atoms with van der Waals surface area (Å²) in [5.74, 6) is 0.269. The van der Waals surface area contributed by atoms with Gasteiger partial charge in [-0.1, -0.05) is 6.42 Å². The normalized spacial score (nSPS) is 18.0. The van der Waals surface area contributed by atoms with Gasteiger partial charge in [-0.2, -0.15) is 0 Å². The number of aromatic hydroxyl groups is 1. The molecule has 1 atom stereocenters. The zero-order valence-corrected chi connectivity index (χ0v) is 13.3. The number of phenols is 1. The molecule has 1 fully saturated rings. The van der Waals surface area contributed by atoms with Gasteiger partial charge in [0, 0.05) is 17.8 Å². The predicted octanol–water partition coefficient (Wildman–Crippen LogP) is 3.02. The van der Waals surface area contributed by atoms with Gasteiger partial charge in [-0.25, -0.2) is 0 Å². The number of nitrogens with one attached hydrogen (secondary N) is 1. The second-order valence-corrected chi connectivity index (χ2v) is 6.28. The van der Waals surface area contributed by atoms with Gasteiger partial charge in [0.1, 0.15) is 5.75 Å². The lowest BCUT2D eigenvalue weighted by molar-refractivity contribution is 0.282. The van der Waals surface area contributed by atoms with Crippen LogP contribution in [0.15, 0.2) is 36.5 Å². The maximum atomic E-state index is 10.0. The van der Waals surface area contributed by atoms with E-state index < -0.39 is 0 Å². The van der Waals surface area contributed by atoms with Crippen LogP contribution in [0.3, 0.4) is 0 Å². The fraction of sp³-hybridized carbons (Fsp3) is 0.421. The van der Waals surface area contributed by atoms with Crippen molar-refractivity contribution in [3.05, 3.63) is 47.7 Å². The summed E-state index contributed by atoms with van der Waals surface area (Å²) in [6.45, 7) is 1.11. The summed E-state index contributed by atoms with van der Waals surface area (Å²) in [5.41, 5.74) is 3.63. The largest absolute Gasteiger partial charge is 0.508 e. The van der Waals surface area contributed by atoms with E-state index >= 15 is 0 Å². The van der Waals surface area contributed by atoms with Crippen LogP contribution in [0.1, 0.15) is 36.8 Å². The lowest BCUT2D eigenvalue weighted by Gasteiger charge is -2.23. The van der Waals surface area contributed by atoms with Crippen molar-refractivity contribution in [1.29, 1.82) is 0 Å². The lowest BCUT2D eigenvalue weighted by Crippen LogP contribution is -2.34. The Labute approximate surface area is 137 Å². The predicted molar refractivity (Wildman–Crippen MR) is 91.2 cm³/mol. The molecule has 0 aliphatic carbocycles. The molecule has 0 radical (unpaired) electrons. The van der Waals surface area contributed by atoms with Crippen molar-refractivity contribution in [2.75, 3.05) is 6.54 Å². The standard InChI is InChI=1S/C19H24N2O2/c22-13-15-6-8-21-19(11-15)16-9-14(10-18(23)12-16)4-5-17-3-1-2-7-20-17/h6,8-12,17,20,22-23H,1-5,7,13H2. The fourth-order valence-corrected chi connectivity index (χ4v) is 3.21. The van der Waals surface area contributed by atoms with E-state index in [-0.39, 0.29) is 12.4 Å².